The standard InChI is InChI=1S/C17H17ClN2O3/c1-11(23-17(22)14-9-13(18)10-19-14)16(21)20-8-4-6-12-5-2-3-7-15(12)20/h2-3,5,7,9-11,19H,4,6,8H2,1H3/t11-/m1/s1. The number of nitrogens with zero attached hydrogens (tertiary/aromatic N) is 1. The molecule has 6 heteroatoms. The molecule has 0 radical (unpaired) electrons. The smallest absolute Gasteiger partial charge is 0.355 e. The van der Waals surface area contributed by atoms with Crippen LogP contribution in [0.25, 0.3) is 0 Å². The van der Waals surface area contributed by atoms with E-state index in [9.17, 15) is 9.59 Å². The molecule has 0 bridgehead atoms. The molecule has 23 heavy (non-hydrogen) atoms. The second-order valence-corrected chi connectivity index (χ2v) is 5.94. The number of esters is 1. The molecular formula is C17H17ClN2O3. The van der Waals surface area contributed by atoms with Crippen molar-refractivity contribution < 1.29 is 14.3 Å². The summed E-state index contributed by atoms with van der Waals surface area (Å²) in [4.78, 5) is 29.1. The lowest BCUT2D eigenvalue weighted by Crippen LogP contribution is -2.42. The molecule has 0 saturated heterocycles. The number of aromatic nitrogens is 1. The Morgan fingerprint density at radius 1 is 1.35 bits per heavy atom. The summed E-state index contributed by atoms with van der Waals surface area (Å²) in [5.74, 6) is -0.814. The number of fused-ring (bicyclic) bond motifs is 1. The molecule has 1 aliphatic rings. The summed E-state index contributed by atoms with van der Waals surface area (Å²) in [6.07, 6.45) is 2.48. The van der Waals surface area contributed by atoms with Crippen molar-refractivity contribution in [2.45, 2.75) is 25.9 Å². The van der Waals surface area contributed by atoms with Crippen LogP contribution in [0, 0.1) is 0 Å². The largest absolute Gasteiger partial charge is 0.448 e. The van der Waals surface area contributed by atoms with Gasteiger partial charge in [0, 0.05) is 18.4 Å². The Hall–Kier alpha value is -2.27. The van der Waals surface area contributed by atoms with Crippen molar-refractivity contribution >= 4 is 29.2 Å². The van der Waals surface area contributed by atoms with Gasteiger partial charge in [-0.3, -0.25) is 4.79 Å². The fourth-order valence-electron chi connectivity index (χ4n) is 2.74. The van der Waals surface area contributed by atoms with Gasteiger partial charge in [-0.2, -0.15) is 0 Å². The molecular weight excluding hydrogens is 316 g/mol. The molecule has 1 aromatic heterocycles. The number of carbonyl (C=O) groups is 2. The number of aryl methyl sites for hydroxylation is 1. The molecule has 2 heterocycles. The van der Waals surface area contributed by atoms with E-state index in [0.717, 1.165) is 24.1 Å². The predicted octanol–water partition coefficient (Wildman–Crippen LogP) is 3.19. The quantitative estimate of drug-likeness (QED) is 0.878. The second-order valence-electron chi connectivity index (χ2n) is 5.50. The summed E-state index contributed by atoms with van der Waals surface area (Å²) in [6.45, 7) is 2.22. The minimum atomic E-state index is -0.865. The summed E-state index contributed by atoms with van der Waals surface area (Å²) in [6, 6.07) is 9.28. The second kappa shape index (κ2) is 6.46. The molecule has 120 valence electrons. The van der Waals surface area contributed by atoms with E-state index >= 15 is 0 Å². The molecule has 5 nitrogen and oxygen atoms in total. The van der Waals surface area contributed by atoms with Crippen LogP contribution in [0.1, 0.15) is 29.4 Å². The van der Waals surface area contributed by atoms with E-state index in [1.54, 1.807) is 11.8 Å². The van der Waals surface area contributed by atoms with Crippen LogP contribution in [-0.4, -0.2) is 29.5 Å². The average molecular weight is 333 g/mol. The number of benzene rings is 1. The summed E-state index contributed by atoms with van der Waals surface area (Å²) in [5, 5.41) is 0.417. The number of hydrogen-bond acceptors (Lipinski definition) is 3. The van der Waals surface area contributed by atoms with Crippen LogP contribution in [0.2, 0.25) is 5.02 Å². The molecule has 1 aromatic carbocycles. The Labute approximate surface area is 139 Å². The zero-order valence-corrected chi connectivity index (χ0v) is 13.5. The molecule has 0 saturated carbocycles. The van der Waals surface area contributed by atoms with Gasteiger partial charge in [0.05, 0.1) is 5.02 Å². The maximum Gasteiger partial charge on any atom is 0.355 e. The number of rotatable bonds is 3. The number of carbonyl (C=O) groups excluding carboxylic acids is 2. The predicted molar refractivity (Wildman–Crippen MR) is 87.8 cm³/mol. The molecule has 1 aliphatic heterocycles. The minimum Gasteiger partial charge on any atom is -0.448 e. The fourth-order valence-corrected chi connectivity index (χ4v) is 2.91. The monoisotopic (exact) mass is 332 g/mol. The van der Waals surface area contributed by atoms with Gasteiger partial charge in [-0.05, 0) is 37.5 Å². The van der Waals surface area contributed by atoms with E-state index < -0.39 is 12.1 Å². The lowest BCUT2D eigenvalue weighted by Gasteiger charge is -2.31. The van der Waals surface area contributed by atoms with Crippen LogP contribution in [0.4, 0.5) is 5.69 Å². The molecule has 1 N–H and O–H groups in total. The summed E-state index contributed by atoms with van der Waals surface area (Å²) in [5.41, 5.74) is 2.27. The van der Waals surface area contributed by atoms with Crippen LogP contribution in [0.5, 0.6) is 0 Å². The van der Waals surface area contributed by atoms with Gasteiger partial charge in [0.2, 0.25) is 0 Å². The van der Waals surface area contributed by atoms with Gasteiger partial charge in [0.1, 0.15) is 5.69 Å². The Morgan fingerprint density at radius 3 is 2.87 bits per heavy atom. The van der Waals surface area contributed by atoms with E-state index in [2.05, 4.69) is 4.98 Å². The first-order valence-electron chi connectivity index (χ1n) is 7.50. The highest BCUT2D eigenvalue weighted by Crippen LogP contribution is 2.27. The third-order valence-corrected chi connectivity index (χ3v) is 4.09. The third-order valence-electron chi connectivity index (χ3n) is 3.88. The van der Waals surface area contributed by atoms with Crippen molar-refractivity contribution in [2.24, 2.45) is 0 Å². The molecule has 1 amide bonds. The Bertz CT molecular complexity index is 741. The van der Waals surface area contributed by atoms with Gasteiger partial charge < -0.3 is 14.6 Å². The normalized spacial score (nSPS) is 15.0. The highest BCUT2D eigenvalue weighted by Gasteiger charge is 2.28. The topological polar surface area (TPSA) is 62.4 Å². The van der Waals surface area contributed by atoms with Crippen molar-refractivity contribution in [3.8, 4) is 0 Å². The van der Waals surface area contributed by atoms with Crippen LogP contribution in [0.3, 0.4) is 0 Å². The molecule has 0 spiro atoms. The zero-order chi connectivity index (χ0) is 16.4. The van der Waals surface area contributed by atoms with E-state index in [4.69, 9.17) is 16.3 Å². The van der Waals surface area contributed by atoms with Gasteiger partial charge >= 0.3 is 5.97 Å². The number of anilines is 1. The summed E-state index contributed by atoms with van der Waals surface area (Å²) < 4.78 is 5.26. The van der Waals surface area contributed by atoms with Crippen LogP contribution < -0.4 is 4.90 Å². The highest BCUT2D eigenvalue weighted by atomic mass is 35.5. The van der Waals surface area contributed by atoms with Crippen molar-refractivity contribution in [1.82, 2.24) is 4.98 Å². The van der Waals surface area contributed by atoms with Gasteiger partial charge in [0.15, 0.2) is 6.10 Å². The number of amides is 1. The van der Waals surface area contributed by atoms with Crippen LogP contribution in [0.15, 0.2) is 36.5 Å². The van der Waals surface area contributed by atoms with Crippen LogP contribution in [-0.2, 0) is 16.0 Å². The first kappa shape index (κ1) is 15.6. The number of halogens is 1. The van der Waals surface area contributed by atoms with Gasteiger partial charge in [-0.15, -0.1) is 0 Å². The number of para-hydroxylation sites is 1. The van der Waals surface area contributed by atoms with E-state index in [0.29, 0.717) is 11.6 Å². The van der Waals surface area contributed by atoms with Crippen molar-refractivity contribution in [3.63, 3.8) is 0 Å². The lowest BCUT2D eigenvalue weighted by atomic mass is 10.0. The fraction of sp³-hybridized carbons (Fsp3) is 0.294. The first-order chi connectivity index (χ1) is 11.1. The van der Waals surface area contributed by atoms with Gasteiger partial charge in [-0.25, -0.2) is 4.79 Å². The van der Waals surface area contributed by atoms with E-state index in [1.165, 1.54) is 12.3 Å². The SMILES string of the molecule is C[C@@H](OC(=O)c1cc(Cl)c[nH]1)C(=O)N1CCCc2ccccc21. The zero-order valence-electron chi connectivity index (χ0n) is 12.7. The maximum atomic E-state index is 12.6. The molecule has 1 atom stereocenters. The molecule has 0 aliphatic carbocycles. The Balaban J connectivity index is 1.72. The Morgan fingerprint density at radius 2 is 2.13 bits per heavy atom. The van der Waals surface area contributed by atoms with Crippen molar-refractivity contribution in [1.29, 1.82) is 0 Å². The number of ether oxygens (including phenoxy) is 1. The summed E-state index contributed by atoms with van der Waals surface area (Å²) >= 11 is 5.77. The van der Waals surface area contributed by atoms with Gasteiger partial charge in [0.25, 0.3) is 5.91 Å². The molecule has 2 aromatic rings. The van der Waals surface area contributed by atoms with E-state index in [-0.39, 0.29) is 11.6 Å². The minimum absolute atomic E-state index is 0.219. The van der Waals surface area contributed by atoms with E-state index in [1.807, 2.05) is 24.3 Å². The molecule has 0 fully saturated rings. The average Bonchev–Trinajstić information content (AvgIpc) is 3.00. The van der Waals surface area contributed by atoms with Crippen molar-refractivity contribution in [3.05, 3.63) is 52.8 Å². The molecule has 3 rings (SSSR count). The maximum absolute atomic E-state index is 12.6. The van der Waals surface area contributed by atoms with Gasteiger partial charge in [-0.1, -0.05) is 29.8 Å². The van der Waals surface area contributed by atoms with Crippen molar-refractivity contribution in [2.75, 3.05) is 11.4 Å². The lowest BCUT2D eigenvalue weighted by molar-refractivity contribution is -0.126. The number of H-pyrrole nitrogens is 1. The third kappa shape index (κ3) is 3.24. The first-order valence-corrected chi connectivity index (χ1v) is 7.88. The number of aromatic amines is 1. The molecule has 0 unspecified atom stereocenters. The highest BCUT2D eigenvalue weighted by molar-refractivity contribution is 6.30. The number of nitrogens with one attached hydrogen (secondary N) is 1. The van der Waals surface area contributed by atoms with Crippen LogP contribution >= 0.6 is 11.6 Å². The number of hydrogen-bond donors (Lipinski definition) is 1. The summed E-state index contributed by atoms with van der Waals surface area (Å²) in [7, 11) is 0. The Kier molecular flexibility index (Phi) is 4.39.